The van der Waals surface area contributed by atoms with Crippen LogP contribution < -0.4 is 5.32 Å². The number of hydrogen-bond acceptors (Lipinski definition) is 2. The molecule has 2 unspecified atom stereocenters. The van der Waals surface area contributed by atoms with Crippen LogP contribution >= 0.6 is 11.6 Å². The molecule has 1 N–H and O–H groups in total. The van der Waals surface area contributed by atoms with E-state index in [1.165, 1.54) is 18.4 Å². The third-order valence-corrected chi connectivity index (χ3v) is 3.60. The van der Waals surface area contributed by atoms with Gasteiger partial charge < -0.3 is 10.2 Å². The molecule has 108 valence electrons. The normalized spacial score (nSPS) is 14.6. The van der Waals surface area contributed by atoms with E-state index in [2.05, 4.69) is 50.3 Å². The number of halogens is 1. The van der Waals surface area contributed by atoms with Gasteiger partial charge in [0.25, 0.3) is 0 Å². The van der Waals surface area contributed by atoms with Crippen molar-refractivity contribution < 1.29 is 0 Å². The summed E-state index contributed by atoms with van der Waals surface area (Å²) in [6, 6.07) is 9.18. The van der Waals surface area contributed by atoms with Crippen LogP contribution in [0.4, 0.5) is 0 Å². The van der Waals surface area contributed by atoms with E-state index >= 15 is 0 Å². The topological polar surface area (TPSA) is 15.3 Å². The van der Waals surface area contributed by atoms with Gasteiger partial charge >= 0.3 is 0 Å². The highest BCUT2D eigenvalue weighted by Crippen LogP contribution is 2.21. The first kappa shape index (κ1) is 16.5. The van der Waals surface area contributed by atoms with E-state index in [1.54, 1.807) is 0 Å². The molecule has 0 spiro atoms. The van der Waals surface area contributed by atoms with E-state index in [4.69, 9.17) is 11.6 Å². The first-order valence-electron chi connectivity index (χ1n) is 7.19. The summed E-state index contributed by atoms with van der Waals surface area (Å²) in [7, 11) is 4.24. The summed E-state index contributed by atoms with van der Waals surface area (Å²) in [6.07, 6.45) is 3.51. The zero-order chi connectivity index (χ0) is 14.3. The molecule has 0 aliphatic rings. The molecule has 19 heavy (non-hydrogen) atoms. The Hall–Kier alpha value is -0.570. The fourth-order valence-corrected chi connectivity index (χ4v) is 2.33. The second kappa shape index (κ2) is 8.57. The Morgan fingerprint density at radius 2 is 1.79 bits per heavy atom. The van der Waals surface area contributed by atoms with Crippen LogP contribution in [0, 0.1) is 0 Å². The first-order chi connectivity index (χ1) is 9.02. The van der Waals surface area contributed by atoms with Gasteiger partial charge in [0, 0.05) is 17.1 Å². The number of nitrogens with one attached hydrogen (secondary N) is 1. The second-order valence-corrected chi connectivity index (χ2v) is 5.99. The third-order valence-electron chi connectivity index (χ3n) is 3.34. The summed E-state index contributed by atoms with van der Waals surface area (Å²) in [5.41, 5.74) is 1.34. The predicted molar refractivity (Wildman–Crippen MR) is 84.9 cm³/mol. The molecule has 2 nitrogen and oxygen atoms in total. The number of benzene rings is 1. The number of hydrogen-bond donors (Lipinski definition) is 1. The molecule has 0 heterocycles. The number of rotatable bonds is 8. The van der Waals surface area contributed by atoms with Gasteiger partial charge in [0.05, 0.1) is 0 Å². The molecule has 1 rings (SSSR count). The fraction of sp³-hybridized carbons (Fsp3) is 0.625. The molecule has 0 amide bonds. The minimum Gasteiger partial charge on any atom is -0.309 e. The maximum atomic E-state index is 5.96. The van der Waals surface area contributed by atoms with Crippen molar-refractivity contribution in [2.45, 2.75) is 45.2 Å². The molecule has 1 aromatic carbocycles. The van der Waals surface area contributed by atoms with Crippen molar-refractivity contribution in [3.63, 3.8) is 0 Å². The highest BCUT2D eigenvalue weighted by molar-refractivity contribution is 6.30. The lowest BCUT2D eigenvalue weighted by molar-refractivity contribution is 0.344. The Labute approximate surface area is 123 Å². The lowest BCUT2D eigenvalue weighted by Crippen LogP contribution is -2.33. The summed E-state index contributed by atoms with van der Waals surface area (Å²) >= 11 is 5.96. The summed E-state index contributed by atoms with van der Waals surface area (Å²) in [5, 5.41) is 4.54. The van der Waals surface area contributed by atoms with Crippen LogP contribution in [-0.2, 0) is 0 Å². The minimum absolute atomic E-state index is 0.430. The van der Waals surface area contributed by atoms with Crippen LogP contribution in [0.25, 0.3) is 0 Å². The van der Waals surface area contributed by atoms with Gasteiger partial charge in [-0.25, -0.2) is 0 Å². The maximum absolute atomic E-state index is 5.96. The zero-order valence-electron chi connectivity index (χ0n) is 12.6. The molecule has 0 aliphatic heterocycles. The average Bonchev–Trinajstić information content (AvgIpc) is 2.37. The second-order valence-electron chi connectivity index (χ2n) is 5.55. The minimum atomic E-state index is 0.430. The molecule has 3 heteroatoms. The summed E-state index contributed by atoms with van der Waals surface area (Å²) in [4.78, 5) is 2.23. The van der Waals surface area contributed by atoms with E-state index in [0.29, 0.717) is 12.1 Å². The lowest BCUT2D eigenvalue weighted by Gasteiger charge is -2.24. The van der Waals surface area contributed by atoms with Gasteiger partial charge in [-0.1, -0.05) is 37.1 Å². The van der Waals surface area contributed by atoms with Crippen LogP contribution in [0.2, 0.25) is 5.02 Å². The smallest absolute Gasteiger partial charge is 0.0406 e. The van der Waals surface area contributed by atoms with E-state index < -0.39 is 0 Å². The average molecular weight is 283 g/mol. The van der Waals surface area contributed by atoms with Crippen molar-refractivity contribution in [1.29, 1.82) is 0 Å². The van der Waals surface area contributed by atoms with Crippen molar-refractivity contribution in [3.8, 4) is 0 Å². The predicted octanol–water partition coefficient (Wildman–Crippen LogP) is 4.11. The van der Waals surface area contributed by atoms with Crippen molar-refractivity contribution in [2.24, 2.45) is 0 Å². The van der Waals surface area contributed by atoms with Gasteiger partial charge in [-0.3, -0.25) is 0 Å². The molecule has 0 aromatic heterocycles. The molecule has 0 saturated carbocycles. The molecule has 1 aromatic rings. The zero-order valence-corrected chi connectivity index (χ0v) is 13.4. The maximum Gasteiger partial charge on any atom is 0.0406 e. The Morgan fingerprint density at radius 3 is 2.32 bits per heavy atom. The van der Waals surface area contributed by atoms with Crippen molar-refractivity contribution >= 4 is 11.6 Å². The highest BCUT2D eigenvalue weighted by Gasteiger charge is 2.13. The fourth-order valence-electron chi connectivity index (χ4n) is 2.21. The van der Waals surface area contributed by atoms with Gasteiger partial charge in [0.1, 0.15) is 0 Å². The Bertz CT molecular complexity index is 348. The van der Waals surface area contributed by atoms with E-state index in [0.717, 1.165) is 18.0 Å². The Morgan fingerprint density at radius 1 is 1.16 bits per heavy atom. The van der Waals surface area contributed by atoms with Gasteiger partial charge in [0.15, 0.2) is 0 Å². The third kappa shape index (κ3) is 6.42. The van der Waals surface area contributed by atoms with Crippen LogP contribution in [0.15, 0.2) is 24.3 Å². The molecule has 0 bridgehead atoms. The molecular weight excluding hydrogens is 256 g/mol. The van der Waals surface area contributed by atoms with Crippen LogP contribution in [0.1, 0.15) is 44.7 Å². The molecule has 0 aliphatic carbocycles. The van der Waals surface area contributed by atoms with Gasteiger partial charge in [-0.2, -0.15) is 0 Å². The van der Waals surface area contributed by atoms with Crippen LogP contribution in [0.5, 0.6) is 0 Å². The van der Waals surface area contributed by atoms with Crippen molar-refractivity contribution in [1.82, 2.24) is 10.2 Å². The van der Waals surface area contributed by atoms with E-state index in [1.807, 2.05) is 12.1 Å². The van der Waals surface area contributed by atoms with Gasteiger partial charge in [-0.05, 0) is 58.1 Å². The Balaban J connectivity index is 2.59. The molecule has 0 fully saturated rings. The SMILES string of the molecule is CCCC(NC(C)CCN(C)C)c1ccc(Cl)cc1. The highest BCUT2D eigenvalue weighted by atomic mass is 35.5. The van der Waals surface area contributed by atoms with Crippen molar-refractivity contribution in [3.05, 3.63) is 34.9 Å². The molecule has 0 saturated heterocycles. The summed E-state index contributed by atoms with van der Waals surface area (Å²) in [6.45, 7) is 5.62. The first-order valence-corrected chi connectivity index (χ1v) is 7.57. The molecule has 0 radical (unpaired) electrons. The standard InChI is InChI=1S/C16H27ClN2/c1-5-6-16(14-7-9-15(17)10-8-14)18-13(2)11-12-19(3)4/h7-10,13,16,18H,5-6,11-12H2,1-4H3. The van der Waals surface area contributed by atoms with E-state index in [9.17, 15) is 0 Å². The quantitative estimate of drug-likeness (QED) is 0.772. The largest absolute Gasteiger partial charge is 0.309 e. The monoisotopic (exact) mass is 282 g/mol. The lowest BCUT2D eigenvalue weighted by atomic mass is 10.0. The van der Waals surface area contributed by atoms with Crippen LogP contribution in [-0.4, -0.2) is 31.6 Å². The van der Waals surface area contributed by atoms with Crippen molar-refractivity contribution in [2.75, 3.05) is 20.6 Å². The Kier molecular flexibility index (Phi) is 7.44. The molecule has 2 atom stereocenters. The van der Waals surface area contributed by atoms with Crippen LogP contribution in [0.3, 0.4) is 0 Å². The number of nitrogens with zero attached hydrogens (tertiary/aromatic N) is 1. The molecular formula is C16H27ClN2. The van der Waals surface area contributed by atoms with E-state index in [-0.39, 0.29) is 0 Å². The van der Waals surface area contributed by atoms with Gasteiger partial charge in [-0.15, -0.1) is 0 Å². The summed E-state index contributed by atoms with van der Waals surface area (Å²) in [5.74, 6) is 0. The van der Waals surface area contributed by atoms with Gasteiger partial charge in [0.2, 0.25) is 0 Å². The summed E-state index contributed by atoms with van der Waals surface area (Å²) < 4.78 is 0.